The van der Waals surface area contributed by atoms with E-state index in [0.717, 1.165) is 10.4 Å². The summed E-state index contributed by atoms with van der Waals surface area (Å²) >= 11 is 1.37. The highest BCUT2D eigenvalue weighted by molar-refractivity contribution is 7.14. The molecule has 2 aromatic rings. The second kappa shape index (κ2) is 11.3. The Labute approximate surface area is 221 Å². The summed E-state index contributed by atoms with van der Waals surface area (Å²) in [5, 5.41) is 2.67. The van der Waals surface area contributed by atoms with Gasteiger partial charge in [-0.05, 0) is 83.9 Å². The number of ketones is 1. The van der Waals surface area contributed by atoms with E-state index < -0.39 is 17.2 Å². The number of ether oxygens (including phenoxy) is 3. The number of thiophene rings is 1. The SMILES string of the molecule is CC(C)(C)OC(=O)COc1ccc(C(=O)CNC(=O)c2cc3c(s2)CCN(C(=O)OC(C)(C)C)C3)cc1. The minimum Gasteiger partial charge on any atom is -0.482 e. The summed E-state index contributed by atoms with van der Waals surface area (Å²) in [6, 6.07) is 8.10. The van der Waals surface area contributed by atoms with Gasteiger partial charge in [0.2, 0.25) is 0 Å². The van der Waals surface area contributed by atoms with Gasteiger partial charge in [-0.2, -0.15) is 0 Å². The summed E-state index contributed by atoms with van der Waals surface area (Å²) in [5.74, 6) is -0.655. The number of esters is 1. The highest BCUT2D eigenvalue weighted by Gasteiger charge is 2.28. The number of rotatable bonds is 7. The van der Waals surface area contributed by atoms with E-state index in [2.05, 4.69) is 5.32 Å². The zero-order chi connectivity index (χ0) is 27.4. The Morgan fingerprint density at radius 3 is 2.24 bits per heavy atom. The average Bonchev–Trinajstić information content (AvgIpc) is 3.23. The van der Waals surface area contributed by atoms with Gasteiger partial charge in [0.25, 0.3) is 5.91 Å². The van der Waals surface area contributed by atoms with Crippen LogP contribution in [0.4, 0.5) is 4.79 Å². The van der Waals surface area contributed by atoms with E-state index in [-0.39, 0.29) is 30.9 Å². The molecule has 2 amide bonds. The average molecular weight is 531 g/mol. The Morgan fingerprint density at radius 1 is 0.973 bits per heavy atom. The molecule has 0 fully saturated rings. The highest BCUT2D eigenvalue weighted by Crippen LogP contribution is 2.29. The normalized spacial score (nSPS) is 13.4. The first-order valence-electron chi connectivity index (χ1n) is 12.1. The molecule has 0 unspecified atom stereocenters. The Bertz CT molecular complexity index is 1160. The summed E-state index contributed by atoms with van der Waals surface area (Å²) in [5.41, 5.74) is 0.157. The van der Waals surface area contributed by atoms with Crippen molar-refractivity contribution < 1.29 is 33.4 Å². The summed E-state index contributed by atoms with van der Waals surface area (Å²) in [6.45, 7) is 11.3. The maximum absolute atomic E-state index is 12.7. The summed E-state index contributed by atoms with van der Waals surface area (Å²) in [4.78, 5) is 52.6. The first-order chi connectivity index (χ1) is 17.2. The Morgan fingerprint density at radius 2 is 1.62 bits per heavy atom. The topological polar surface area (TPSA) is 111 Å². The quantitative estimate of drug-likeness (QED) is 0.418. The van der Waals surface area contributed by atoms with Crippen molar-refractivity contribution >= 4 is 35.1 Å². The van der Waals surface area contributed by atoms with Gasteiger partial charge in [-0.15, -0.1) is 11.3 Å². The molecule has 0 bridgehead atoms. The van der Waals surface area contributed by atoms with E-state index in [1.54, 1.807) is 56.0 Å². The number of amides is 2. The monoisotopic (exact) mass is 530 g/mol. The maximum atomic E-state index is 12.7. The number of benzene rings is 1. The number of nitrogens with one attached hydrogen (secondary N) is 1. The van der Waals surface area contributed by atoms with Gasteiger partial charge in [0, 0.05) is 17.0 Å². The van der Waals surface area contributed by atoms with E-state index in [9.17, 15) is 19.2 Å². The van der Waals surface area contributed by atoms with E-state index in [1.807, 2.05) is 20.8 Å². The number of hydrogen-bond donors (Lipinski definition) is 1. The predicted octanol–water partition coefficient (Wildman–Crippen LogP) is 4.37. The van der Waals surface area contributed by atoms with E-state index >= 15 is 0 Å². The lowest BCUT2D eigenvalue weighted by molar-refractivity contribution is -0.157. The standard InChI is InChI=1S/C27H34N2O7S/c1-26(2,3)35-23(31)16-34-19-9-7-17(8-10-19)20(30)14-28-24(32)22-13-18-15-29(12-11-21(18)37-22)25(33)36-27(4,5)6/h7-10,13H,11-12,14-16H2,1-6H3,(H,28,32). The van der Waals surface area contributed by atoms with Crippen molar-refractivity contribution in [3.63, 3.8) is 0 Å². The third-order valence-electron chi connectivity index (χ3n) is 5.10. The van der Waals surface area contributed by atoms with Gasteiger partial charge in [-0.25, -0.2) is 9.59 Å². The summed E-state index contributed by atoms with van der Waals surface area (Å²) in [7, 11) is 0. The molecule has 1 N–H and O–H groups in total. The zero-order valence-electron chi connectivity index (χ0n) is 22.1. The van der Waals surface area contributed by atoms with Gasteiger partial charge in [-0.1, -0.05) is 0 Å². The fourth-order valence-electron chi connectivity index (χ4n) is 3.53. The van der Waals surface area contributed by atoms with Crippen molar-refractivity contribution in [3.05, 3.63) is 51.2 Å². The van der Waals surface area contributed by atoms with Crippen LogP contribution in [0.5, 0.6) is 5.75 Å². The van der Waals surface area contributed by atoms with Crippen LogP contribution in [0, 0.1) is 0 Å². The molecular weight excluding hydrogens is 496 g/mol. The maximum Gasteiger partial charge on any atom is 0.410 e. The molecule has 10 heteroatoms. The van der Waals surface area contributed by atoms with Crippen LogP contribution in [-0.2, 0) is 27.2 Å². The number of fused-ring (bicyclic) bond motifs is 1. The second-order valence-electron chi connectivity index (χ2n) is 10.7. The fraction of sp³-hybridized carbons (Fsp3) is 0.481. The minimum absolute atomic E-state index is 0.163. The van der Waals surface area contributed by atoms with E-state index in [1.165, 1.54) is 11.3 Å². The fourth-order valence-corrected chi connectivity index (χ4v) is 4.61. The van der Waals surface area contributed by atoms with Crippen LogP contribution in [0.15, 0.2) is 30.3 Å². The lowest BCUT2D eigenvalue weighted by atomic mass is 10.1. The molecule has 0 aliphatic carbocycles. The van der Waals surface area contributed by atoms with Crippen LogP contribution in [-0.4, -0.2) is 59.6 Å². The molecule has 0 spiro atoms. The molecule has 1 aromatic heterocycles. The lowest BCUT2D eigenvalue weighted by Gasteiger charge is -2.29. The summed E-state index contributed by atoms with van der Waals surface area (Å²) < 4.78 is 16.0. The molecule has 0 atom stereocenters. The van der Waals surface area contributed by atoms with Crippen LogP contribution >= 0.6 is 11.3 Å². The molecule has 3 rings (SSSR count). The minimum atomic E-state index is -0.593. The molecule has 1 aromatic carbocycles. The van der Waals surface area contributed by atoms with Gasteiger partial charge in [-0.3, -0.25) is 9.59 Å². The van der Waals surface area contributed by atoms with E-state index in [4.69, 9.17) is 14.2 Å². The highest BCUT2D eigenvalue weighted by atomic mass is 32.1. The van der Waals surface area contributed by atoms with Crippen molar-refractivity contribution in [3.8, 4) is 5.75 Å². The van der Waals surface area contributed by atoms with E-state index in [0.29, 0.717) is 35.7 Å². The van der Waals surface area contributed by atoms with Crippen LogP contribution in [0.3, 0.4) is 0 Å². The van der Waals surface area contributed by atoms with Gasteiger partial charge < -0.3 is 24.4 Å². The molecule has 1 aliphatic heterocycles. The predicted molar refractivity (Wildman–Crippen MR) is 139 cm³/mol. The second-order valence-corrected chi connectivity index (χ2v) is 11.9. The number of hydrogen-bond acceptors (Lipinski definition) is 8. The van der Waals surface area contributed by atoms with Crippen molar-refractivity contribution in [2.24, 2.45) is 0 Å². The molecule has 37 heavy (non-hydrogen) atoms. The first-order valence-corrected chi connectivity index (χ1v) is 12.9. The van der Waals surface area contributed by atoms with Crippen LogP contribution in [0.25, 0.3) is 0 Å². The molecule has 0 saturated carbocycles. The van der Waals surface area contributed by atoms with Gasteiger partial charge in [0.15, 0.2) is 12.4 Å². The van der Waals surface area contributed by atoms with Gasteiger partial charge in [0.1, 0.15) is 17.0 Å². The smallest absolute Gasteiger partial charge is 0.410 e. The zero-order valence-corrected chi connectivity index (χ0v) is 23.0. The molecule has 9 nitrogen and oxygen atoms in total. The van der Waals surface area contributed by atoms with Crippen molar-refractivity contribution in [1.82, 2.24) is 10.2 Å². The van der Waals surface area contributed by atoms with Crippen molar-refractivity contribution in [1.29, 1.82) is 0 Å². The molecule has 200 valence electrons. The number of Topliss-reactive ketones (excluding diaryl/α,β-unsaturated/α-hetero) is 1. The van der Waals surface area contributed by atoms with Crippen molar-refractivity contribution in [2.75, 3.05) is 19.7 Å². The van der Waals surface area contributed by atoms with Crippen LogP contribution in [0.1, 0.15) is 72.0 Å². The molecule has 0 radical (unpaired) electrons. The largest absolute Gasteiger partial charge is 0.482 e. The number of carbonyl (C=O) groups excluding carboxylic acids is 4. The molecular formula is C27H34N2O7S. The summed E-state index contributed by atoms with van der Waals surface area (Å²) in [6.07, 6.45) is 0.274. The van der Waals surface area contributed by atoms with Gasteiger partial charge >= 0.3 is 12.1 Å². The lowest BCUT2D eigenvalue weighted by Crippen LogP contribution is -2.39. The Hall–Kier alpha value is -3.40. The number of carbonyl (C=O) groups is 4. The Kier molecular flexibility index (Phi) is 8.63. The third kappa shape index (κ3) is 8.59. The number of nitrogens with zero attached hydrogens (tertiary/aromatic N) is 1. The third-order valence-corrected chi connectivity index (χ3v) is 6.34. The van der Waals surface area contributed by atoms with Crippen molar-refractivity contribution in [2.45, 2.75) is 65.7 Å². The van der Waals surface area contributed by atoms with Gasteiger partial charge in [0.05, 0.1) is 18.0 Å². The molecule has 2 heterocycles. The first kappa shape index (κ1) is 28.2. The van der Waals surface area contributed by atoms with Crippen LogP contribution in [0.2, 0.25) is 0 Å². The Balaban J connectivity index is 1.49. The molecule has 1 aliphatic rings. The van der Waals surface area contributed by atoms with Crippen LogP contribution < -0.4 is 10.1 Å². The molecule has 0 saturated heterocycles.